The molecule has 0 heterocycles. The van der Waals surface area contributed by atoms with Gasteiger partial charge in [0.25, 0.3) is 0 Å². The standard InChI is InChI=1S/C17H20ClNO3S/c1-12(2)15-10-14(8-9-17(15)22-3)23(20,21)19-11-13-6-4-5-7-16(13)18/h4-10,12,19H,11H2,1-3H3. The molecule has 6 heteroatoms. The van der Waals surface area contributed by atoms with Gasteiger partial charge in [0, 0.05) is 11.6 Å². The zero-order chi connectivity index (χ0) is 17.0. The van der Waals surface area contributed by atoms with Gasteiger partial charge < -0.3 is 4.74 Å². The van der Waals surface area contributed by atoms with Crippen molar-refractivity contribution in [3.63, 3.8) is 0 Å². The van der Waals surface area contributed by atoms with Gasteiger partial charge in [0.1, 0.15) is 5.75 Å². The number of hydrogen-bond acceptors (Lipinski definition) is 3. The summed E-state index contributed by atoms with van der Waals surface area (Å²) in [4.78, 5) is 0.217. The lowest BCUT2D eigenvalue weighted by Crippen LogP contribution is -2.23. The summed E-state index contributed by atoms with van der Waals surface area (Å²) in [5.74, 6) is 0.841. The molecule has 0 aliphatic carbocycles. The van der Waals surface area contributed by atoms with E-state index >= 15 is 0 Å². The Labute approximate surface area is 142 Å². The lowest BCUT2D eigenvalue weighted by Gasteiger charge is -2.14. The van der Waals surface area contributed by atoms with Crippen LogP contribution in [0.5, 0.6) is 5.75 Å². The van der Waals surface area contributed by atoms with Crippen molar-refractivity contribution in [2.45, 2.75) is 31.2 Å². The van der Waals surface area contributed by atoms with Crippen molar-refractivity contribution in [3.05, 3.63) is 58.6 Å². The lowest BCUT2D eigenvalue weighted by molar-refractivity contribution is 0.407. The monoisotopic (exact) mass is 353 g/mol. The zero-order valence-corrected chi connectivity index (χ0v) is 14.9. The maximum Gasteiger partial charge on any atom is 0.240 e. The number of sulfonamides is 1. The summed E-state index contributed by atoms with van der Waals surface area (Å²) < 4.78 is 32.9. The highest BCUT2D eigenvalue weighted by atomic mass is 35.5. The summed E-state index contributed by atoms with van der Waals surface area (Å²) in [7, 11) is -2.05. The van der Waals surface area contributed by atoms with Crippen LogP contribution in [0.3, 0.4) is 0 Å². The minimum atomic E-state index is -3.62. The molecule has 2 aromatic carbocycles. The number of ether oxygens (including phenoxy) is 1. The summed E-state index contributed by atoms with van der Waals surface area (Å²) in [5, 5.41) is 0.535. The van der Waals surface area contributed by atoms with Crippen LogP contribution in [0.2, 0.25) is 5.02 Å². The average Bonchev–Trinajstić information content (AvgIpc) is 2.53. The Hall–Kier alpha value is -1.56. The third kappa shape index (κ3) is 4.25. The van der Waals surface area contributed by atoms with Gasteiger partial charge >= 0.3 is 0 Å². The molecule has 0 atom stereocenters. The van der Waals surface area contributed by atoms with Gasteiger partial charge in [-0.2, -0.15) is 0 Å². The van der Waals surface area contributed by atoms with Crippen LogP contribution in [0.1, 0.15) is 30.9 Å². The second-order valence-corrected chi connectivity index (χ2v) is 7.65. The third-order valence-corrected chi connectivity index (χ3v) is 5.31. The first-order valence-corrected chi connectivity index (χ1v) is 9.12. The third-order valence-electron chi connectivity index (χ3n) is 3.54. The highest BCUT2D eigenvalue weighted by Crippen LogP contribution is 2.29. The molecule has 0 bridgehead atoms. The number of benzene rings is 2. The van der Waals surface area contributed by atoms with E-state index in [1.54, 1.807) is 43.5 Å². The lowest BCUT2D eigenvalue weighted by atomic mass is 10.0. The van der Waals surface area contributed by atoms with Crippen LogP contribution in [-0.4, -0.2) is 15.5 Å². The molecule has 0 fully saturated rings. The number of rotatable bonds is 6. The number of halogens is 1. The van der Waals surface area contributed by atoms with Crippen LogP contribution < -0.4 is 9.46 Å². The van der Waals surface area contributed by atoms with Crippen molar-refractivity contribution in [2.24, 2.45) is 0 Å². The Kier molecular flexibility index (Phi) is 5.68. The largest absolute Gasteiger partial charge is 0.496 e. The predicted octanol–water partition coefficient (Wildman–Crippen LogP) is 3.95. The van der Waals surface area contributed by atoms with E-state index in [4.69, 9.17) is 16.3 Å². The summed E-state index contributed by atoms with van der Waals surface area (Å²) in [6.45, 7) is 4.13. The van der Waals surface area contributed by atoms with Gasteiger partial charge in [0.15, 0.2) is 0 Å². The summed E-state index contributed by atoms with van der Waals surface area (Å²) in [5.41, 5.74) is 1.59. The van der Waals surface area contributed by atoms with Crippen LogP contribution in [0.25, 0.3) is 0 Å². The second-order valence-electron chi connectivity index (χ2n) is 5.47. The van der Waals surface area contributed by atoms with Crippen molar-refractivity contribution in [1.82, 2.24) is 4.72 Å². The minimum Gasteiger partial charge on any atom is -0.496 e. The molecule has 124 valence electrons. The van der Waals surface area contributed by atoms with Crippen molar-refractivity contribution in [1.29, 1.82) is 0 Å². The van der Waals surface area contributed by atoms with Gasteiger partial charge in [-0.3, -0.25) is 0 Å². The van der Waals surface area contributed by atoms with E-state index in [0.717, 1.165) is 11.1 Å². The Morgan fingerprint density at radius 3 is 2.48 bits per heavy atom. The zero-order valence-electron chi connectivity index (χ0n) is 13.3. The number of methoxy groups -OCH3 is 1. The molecule has 0 aliphatic rings. The Balaban J connectivity index is 2.26. The fraction of sp³-hybridized carbons (Fsp3) is 0.294. The number of nitrogens with one attached hydrogen (secondary N) is 1. The maximum absolute atomic E-state index is 12.5. The van der Waals surface area contributed by atoms with Crippen LogP contribution in [0.4, 0.5) is 0 Å². The first-order valence-electron chi connectivity index (χ1n) is 7.26. The summed E-state index contributed by atoms with van der Waals surface area (Å²) >= 11 is 6.05. The highest BCUT2D eigenvalue weighted by Gasteiger charge is 2.18. The fourth-order valence-electron chi connectivity index (χ4n) is 2.23. The van der Waals surface area contributed by atoms with Crippen molar-refractivity contribution in [3.8, 4) is 5.75 Å². The fourth-order valence-corrected chi connectivity index (χ4v) is 3.47. The molecule has 2 rings (SSSR count). The Morgan fingerprint density at radius 2 is 1.87 bits per heavy atom. The Bertz CT molecular complexity index is 788. The van der Waals surface area contributed by atoms with Crippen molar-refractivity contribution >= 4 is 21.6 Å². The average molecular weight is 354 g/mol. The highest BCUT2D eigenvalue weighted by molar-refractivity contribution is 7.89. The van der Waals surface area contributed by atoms with E-state index in [0.29, 0.717) is 10.8 Å². The van der Waals surface area contributed by atoms with Crippen LogP contribution >= 0.6 is 11.6 Å². The maximum atomic E-state index is 12.5. The molecule has 1 N–H and O–H groups in total. The molecule has 0 saturated carbocycles. The molecule has 2 aromatic rings. The van der Waals surface area contributed by atoms with E-state index in [2.05, 4.69) is 4.72 Å². The van der Waals surface area contributed by atoms with Gasteiger partial charge in [-0.1, -0.05) is 43.6 Å². The molecule has 0 saturated heterocycles. The van der Waals surface area contributed by atoms with Crippen LogP contribution in [0, 0.1) is 0 Å². The van der Waals surface area contributed by atoms with E-state index in [1.165, 1.54) is 0 Å². The summed E-state index contributed by atoms with van der Waals surface area (Å²) in [6, 6.07) is 12.0. The second kappa shape index (κ2) is 7.34. The van der Waals surface area contributed by atoms with Gasteiger partial charge in [-0.25, -0.2) is 13.1 Å². The quantitative estimate of drug-likeness (QED) is 0.855. The van der Waals surface area contributed by atoms with Crippen LogP contribution in [-0.2, 0) is 16.6 Å². The smallest absolute Gasteiger partial charge is 0.240 e. The van der Waals surface area contributed by atoms with Crippen LogP contribution in [0.15, 0.2) is 47.4 Å². The van der Waals surface area contributed by atoms with Crippen molar-refractivity contribution in [2.75, 3.05) is 7.11 Å². The molecule has 23 heavy (non-hydrogen) atoms. The molecule has 0 unspecified atom stereocenters. The molecular weight excluding hydrogens is 334 g/mol. The van der Waals surface area contributed by atoms with Gasteiger partial charge in [0.2, 0.25) is 10.0 Å². The van der Waals surface area contributed by atoms with Gasteiger partial charge in [-0.15, -0.1) is 0 Å². The molecule has 0 aromatic heterocycles. The SMILES string of the molecule is COc1ccc(S(=O)(=O)NCc2ccccc2Cl)cc1C(C)C. The molecule has 0 aliphatic heterocycles. The summed E-state index contributed by atoms with van der Waals surface area (Å²) in [6.07, 6.45) is 0. The molecule has 4 nitrogen and oxygen atoms in total. The molecule has 0 amide bonds. The van der Waals surface area contributed by atoms with Crippen molar-refractivity contribution < 1.29 is 13.2 Å². The van der Waals surface area contributed by atoms with Gasteiger partial charge in [-0.05, 0) is 41.3 Å². The Morgan fingerprint density at radius 1 is 1.17 bits per heavy atom. The molecule has 0 spiro atoms. The topological polar surface area (TPSA) is 55.4 Å². The van der Waals surface area contributed by atoms with E-state index < -0.39 is 10.0 Å². The normalized spacial score (nSPS) is 11.7. The first kappa shape index (κ1) is 17.8. The molecular formula is C17H20ClNO3S. The van der Waals surface area contributed by atoms with E-state index in [1.807, 2.05) is 19.9 Å². The van der Waals surface area contributed by atoms with E-state index in [-0.39, 0.29) is 17.4 Å². The molecule has 0 radical (unpaired) electrons. The first-order chi connectivity index (χ1) is 10.8. The predicted molar refractivity (Wildman–Crippen MR) is 92.6 cm³/mol. The van der Waals surface area contributed by atoms with E-state index in [9.17, 15) is 8.42 Å². The number of hydrogen-bond donors (Lipinski definition) is 1. The van der Waals surface area contributed by atoms with Gasteiger partial charge in [0.05, 0.1) is 12.0 Å². The minimum absolute atomic E-state index is 0.144.